The van der Waals surface area contributed by atoms with Crippen LogP contribution < -0.4 is 16.4 Å². The van der Waals surface area contributed by atoms with Gasteiger partial charge in [0.25, 0.3) is 0 Å². The first kappa shape index (κ1) is 18.3. The van der Waals surface area contributed by atoms with Gasteiger partial charge in [-0.15, -0.1) is 0 Å². The molecule has 20 heavy (non-hydrogen) atoms. The molecule has 0 saturated heterocycles. The Hall–Kier alpha value is -1.72. The summed E-state index contributed by atoms with van der Waals surface area (Å²) in [6, 6.07) is 0. The van der Waals surface area contributed by atoms with Crippen LogP contribution in [0.25, 0.3) is 0 Å². The number of hydrogen-bond acceptors (Lipinski definition) is 3. The normalized spacial score (nSPS) is 12.8. The van der Waals surface area contributed by atoms with Crippen LogP contribution in [0.1, 0.15) is 41.5 Å². The molecule has 0 heterocycles. The molecule has 1 amide bonds. The third-order valence-electron chi connectivity index (χ3n) is 2.06. The van der Waals surface area contributed by atoms with E-state index in [1.807, 2.05) is 41.5 Å². The van der Waals surface area contributed by atoms with Crippen molar-refractivity contribution in [3.05, 3.63) is 12.2 Å². The monoisotopic (exact) mass is 284 g/mol. The number of guanidine groups is 1. The van der Waals surface area contributed by atoms with Gasteiger partial charge in [-0.2, -0.15) is 0 Å². The molecule has 0 aliphatic heterocycles. The van der Waals surface area contributed by atoms with E-state index in [1.165, 1.54) is 0 Å². The summed E-state index contributed by atoms with van der Waals surface area (Å²) in [6.07, 6.45) is -0.467. The first-order chi connectivity index (χ1) is 8.91. The summed E-state index contributed by atoms with van der Waals surface area (Å²) in [4.78, 5) is 15.9. The van der Waals surface area contributed by atoms with Gasteiger partial charge in [0, 0.05) is 6.54 Å². The van der Waals surface area contributed by atoms with Gasteiger partial charge in [-0.25, -0.2) is 4.79 Å². The molecule has 0 aromatic heterocycles. The highest BCUT2D eigenvalue weighted by Crippen LogP contribution is 2.09. The number of alkyl carbamates (subject to hydrolysis) is 1. The molecule has 0 aromatic carbocycles. The Morgan fingerprint density at radius 3 is 2.30 bits per heavy atom. The Bertz CT molecular complexity index is 381. The number of amides is 1. The van der Waals surface area contributed by atoms with Crippen molar-refractivity contribution < 1.29 is 9.53 Å². The van der Waals surface area contributed by atoms with Crippen molar-refractivity contribution in [3.8, 4) is 0 Å². The van der Waals surface area contributed by atoms with Crippen LogP contribution in [0.3, 0.4) is 0 Å². The zero-order valence-electron chi connectivity index (χ0n) is 13.5. The average molecular weight is 284 g/mol. The number of aliphatic imine (C=N–C) groups is 1. The fourth-order valence-corrected chi connectivity index (χ4v) is 1.20. The Labute approximate surface area is 121 Å². The standard InChI is InChI=1S/C14H28N4O2/c1-10(2)8-16-11(15)17-9-14(6,7)18-12(19)20-13(3,4)5/h1,8-9H2,2-7H3,(H,18,19)(H3,15,16,17). The van der Waals surface area contributed by atoms with Gasteiger partial charge in [-0.1, -0.05) is 12.2 Å². The highest BCUT2D eigenvalue weighted by atomic mass is 16.6. The molecule has 6 nitrogen and oxygen atoms in total. The third kappa shape index (κ3) is 10.2. The summed E-state index contributed by atoms with van der Waals surface area (Å²) in [6.45, 7) is 15.7. The Balaban J connectivity index is 4.34. The molecule has 0 atom stereocenters. The molecule has 0 unspecified atom stereocenters. The van der Waals surface area contributed by atoms with Gasteiger partial charge >= 0.3 is 6.09 Å². The van der Waals surface area contributed by atoms with E-state index in [9.17, 15) is 4.79 Å². The number of carbonyl (C=O) groups excluding carboxylic acids is 1. The number of ether oxygens (including phenoxy) is 1. The summed E-state index contributed by atoms with van der Waals surface area (Å²) in [5.74, 6) is 0.326. The van der Waals surface area contributed by atoms with Crippen molar-refractivity contribution >= 4 is 12.1 Å². The quantitative estimate of drug-likeness (QED) is 0.408. The second kappa shape index (κ2) is 7.17. The summed E-state index contributed by atoms with van der Waals surface area (Å²) < 4.78 is 5.20. The fourth-order valence-electron chi connectivity index (χ4n) is 1.20. The molecule has 6 heteroatoms. The topological polar surface area (TPSA) is 88.7 Å². The van der Waals surface area contributed by atoms with Crippen molar-refractivity contribution in [1.29, 1.82) is 0 Å². The van der Waals surface area contributed by atoms with Crippen LogP contribution in [0.5, 0.6) is 0 Å². The average Bonchev–Trinajstić information content (AvgIpc) is 2.19. The largest absolute Gasteiger partial charge is 0.444 e. The maximum atomic E-state index is 11.7. The van der Waals surface area contributed by atoms with Gasteiger partial charge < -0.3 is 21.1 Å². The molecule has 0 fully saturated rings. The highest BCUT2D eigenvalue weighted by Gasteiger charge is 2.24. The predicted octanol–water partition coefficient (Wildman–Crippen LogP) is 1.77. The summed E-state index contributed by atoms with van der Waals surface area (Å²) >= 11 is 0. The van der Waals surface area contributed by atoms with E-state index in [2.05, 4.69) is 22.2 Å². The van der Waals surface area contributed by atoms with E-state index < -0.39 is 17.2 Å². The van der Waals surface area contributed by atoms with Crippen molar-refractivity contribution in [3.63, 3.8) is 0 Å². The molecular weight excluding hydrogens is 256 g/mol. The molecule has 116 valence electrons. The SMILES string of the molecule is C=C(C)CNC(N)=NCC(C)(C)NC(=O)OC(C)(C)C. The van der Waals surface area contributed by atoms with Crippen LogP contribution in [-0.2, 0) is 4.74 Å². The summed E-state index contributed by atoms with van der Waals surface area (Å²) in [5, 5.41) is 5.69. The smallest absolute Gasteiger partial charge is 0.408 e. The van der Waals surface area contributed by atoms with Crippen LogP contribution in [0, 0.1) is 0 Å². The lowest BCUT2D eigenvalue weighted by Gasteiger charge is -2.27. The van der Waals surface area contributed by atoms with Crippen LogP contribution >= 0.6 is 0 Å². The molecule has 4 N–H and O–H groups in total. The van der Waals surface area contributed by atoms with Crippen molar-refractivity contribution in [2.24, 2.45) is 10.7 Å². The van der Waals surface area contributed by atoms with E-state index in [-0.39, 0.29) is 0 Å². The molecule has 0 rings (SSSR count). The highest BCUT2D eigenvalue weighted by molar-refractivity contribution is 5.78. The van der Waals surface area contributed by atoms with Crippen molar-refractivity contribution in [2.75, 3.05) is 13.1 Å². The lowest BCUT2D eigenvalue weighted by atomic mass is 10.1. The molecule has 0 radical (unpaired) electrons. The van der Waals surface area contributed by atoms with Crippen molar-refractivity contribution in [2.45, 2.75) is 52.7 Å². The number of nitrogens with two attached hydrogens (primary N) is 1. The lowest BCUT2D eigenvalue weighted by molar-refractivity contribution is 0.0476. The predicted molar refractivity (Wildman–Crippen MR) is 82.8 cm³/mol. The maximum Gasteiger partial charge on any atom is 0.408 e. The molecule has 0 aliphatic carbocycles. The fraction of sp³-hybridized carbons (Fsp3) is 0.714. The minimum Gasteiger partial charge on any atom is -0.444 e. The van der Waals surface area contributed by atoms with Crippen LogP contribution in [0.2, 0.25) is 0 Å². The minimum atomic E-state index is -0.544. The van der Waals surface area contributed by atoms with Crippen molar-refractivity contribution in [1.82, 2.24) is 10.6 Å². The zero-order valence-corrected chi connectivity index (χ0v) is 13.5. The first-order valence-corrected chi connectivity index (χ1v) is 6.61. The molecular formula is C14H28N4O2. The second-order valence-electron chi connectivity index (χ2n) is 6.52. The van der Waals surface area contributed by atoms with Gasteiger partial charge in [0.05, 0.1) is 12.1 Å². The number of hydrogen-bond donors (Lipinski definition) is 3. The summed E-state index contributed by atoms with van der Waals surface area (Å²) in [5.41, 5.74) is 5.62. The van der Waals surface area contributed by atoms with Gasteiger partial charge in [0.1, 0.15) is 5.60 Å². The molecule has 0 spiro atoms. The van der Waals surface area contributed by atoms with Gasteiger partial charge in [-0.05, 0) is 41.5 Å². The molecule has 0 aromatic rings. The minimum absolute atomic E-state index is 0.326. The number of rotatable bonds is 5. The lowest BCUT2D eigenvalue weighted by Crippen LogP contribution is -2.48. The van der Waals surface area contributed by atoms with Crippen LogP contribution in [-0.4, -0.2) is 36.3 Å². The van der Waals surface area contributed by atoms with E-state index in [1.54, 1.807) is 0 Å². The zero-order chi connectivity index (χ0) is 16.0. The van der Waals surface area contributed by atoms with Gasteiger partial charge in [0.15, 0.2) is 5.96 Å². The Morgan fingerprint density at radius 1 is 1.30 bits per heavy atom. The third-order valence-corrected chi connectivity index (χ3v) is 2.06. The van der Waals surface area contributed by atoms with E-state index >= 15 is 0 Å². The second-order valence-corrected chi connectivity index (χ2v) is 6.52. The number of nitrogens with zero attached hydrogens (tertiary/aromatic N) is 1. The van der Waals surface area contributed by atoms with Crippen LogP contribution in [0.4, 0.5) is 4.79 Å². The molecule has 0 saturated carbocycles. The number of carbonyl (C=O) groups is 1. The number of nitrogens with one attached hydrogen (secondary N) is 2. The molecule has 0 bridgehead atoms. The van der Waals surface area contributed by atoms with Gasteiger partial charge in [-0.3, -0.25) is 4.99 Å². The Morgan fingerprint density at radius 2 is 1.85 bits per heavy atom. The maximum absolute atomic E-state index is 11.7. The first-order valence-electron chi connectivity index (χ1n) is 6.61. The van der Waals surface area contributed by atoms with E-state index in [4.69, 9.17) is 10.5 Å². The van der Waals surface area contributed by atoms with Crippen LogP contribution in [0.15, 0.2) is 17.1 Å². The summed E-state index contributed by atoms with van der Waals surface area (Å²) in [7, 11) is 0. The molecule has 0 aliphatic rings. The van der Waals surface area contributed by atoms with E-state index in [0.717, 1.165) is 5.57 Å². The van der Waals surface area contributed by atoms with Gasteiger partial charge in [0.2, 0.25) is 0 Å². The Kier molecular flexibility index (Phi) is 6.55. The van der Waals surface area contributed by atoms with E-state index in [0.29, 0.717) is 19.0 Å².